The molecule has 5 nitrogen and oxygen atoms in total. The van der Waals surface area contributed by atoms with E-state index in [2.05, 4.69) is 34.6 Å². The van der Waals surface area contributed by atoms with Crippen LogP contribution in [0.15, 0.2) is 4.99 Å². The van der Waals surface area contributed by atoms with Gasteiger partial charge in [-0.25, -0.2) is 5.84 Å². The lowest BCUT2D eigenvalue weighted by Gasteiger charge is -2.12. The fourth-order valence-corrected chi connectivity index (χ4v) is 1.04. The Morgan fingerprint density at radius 2 is 2.29 bits per heavy atom. The Bertz CT molecular complexity index is 188. The minimum Gasteiger partial charge on any atom is -0.353 e. The van der Waals surface area contributed by atoms with Crippen LogP contribution in [0, 0.1) is 0 Å². The van der Waals surface area contributed by atoms with Crippen molar-refractivity contribution in [1.29, 1.82) is 0 Å². The zero-order valence-corrected chi connectivity index (χ0v) is 9.08. The largest absolute Gasteiger partial charge is 0.353 e. The van der Waals surface area contributed by atoms with Gasteiger partial charge in [0.05, 0.1) is 6.54 Å². The summed E-state index contributed by atoms with van der Waals surface area (Å²) >= 11 is 0. The van der Waals surface area contributed by atoms with E-state index in [0.29, 0.717) is 6.04 Å². The Kier molecular flexibility index (Phi) is 4.69. The average Bonchev–Trinajstić information content (AvgIpc) is 2.99. The van der Waals surface area contributed by atoms with Crippen molar-refractivity contribution in [2.45, 2.75) is 25.8 Å². The first-order chi connectivity index (χ1) is 6.76. The zero-order chi connectivity index (χ0) is 10.4. The van der Waals surface area contributed by atoms with Gasteiger partial charge in [-0.1, -0.05) is 6.92 Å². The maximum atomic E-state index is 5.34. The summed E-state index contributed by atoms with van der Waals surface area (Å²) in [5, 5.41) is 3.23. The van der Waals surface area contributed by atoms with Crippen molar-refractivity contribution < 1.29 is 0 Å². The van der Waals surface area contributed by atoms with Gasteiger partial charge in [-0.05, 0) is 26.4 Å². The first-order valence-electron chi connectivity index (χ1n) is 5.22. The van der Waals surface area contributed by atoms with Crippen LogP contribution >= 0.6 is 0 Å². The smallest absolute Gasteiger partial charge is 0.205 e. The lowest BCUT2D eigenvalue weighted by molar-refractivity contribution is 0.363. The van der Waals surface area contributed by atoms with Crippen LogP contribution in [0.3, 0.4) is 0 Å². The van der Waals surface area contributed by atoms with E-state index in [-0.39, 0.29) is 0 Å². The van der Waals surface area contributed by atoms with Crippen molar-refractivity contribution in [3.63, 3.8) is 0 Å². The Hall–Kier alpha value is -0.810. The maximum absolute atomic E-state index is 5.34. The van der Waals surface area contributed by atoms with Gasteiger partial charge in [0.25, 0.3) is 0 Å². The standard InChI is InChI=1S/C9H21N5/c1-3-14(2)7-6-11-9(13-10)12-8-4-5-8/h8H,3-7,10H2,1-2H3,(H2,11,12,13). The first-order valence-corrected chi connectivity index (χ1v) is 5.22. The molecule has 1 aliphatic carbocycles. The highest BCUT2D eigenvalue weighted by atomic mass is 15.3. The van der Waals surface area contributed by atoms with Crippen molar-refractivity contribution in [3.05, 3.63) is 0 Å². The van der Waals surface area contributed by atoms with Gasteiger partial charge < -0.3 is 10.2 Å². The van der Waals surface area contributed by atoms with Crippen LogP contribution in [-0.2, 0) is 0 Å². The van der Waals surface area contributed by atoms with Gasteiger partial charge in [-0.3, -0.25) is 10.4 Å². The number of hydrazine groups is 1. The summed E-state index contributed by atoms with van der Waals surface area (Å²) in [6.07, 6.45) is 2.46. The zero-order valence-electron chi connectivity index (χ0n) is 9.08. The molecule has 0 saturated heterocycles. The Balaban J connectivity index is 2.17. The SMILES string of the molecule is CCN(C)CCN=C(NN)NC1CC1. The Morgan fingerprint density at radius 3 is 2.79 bits per heavy atom. The third kappa shape index (κ3) is 4.43. The normalized spacial score (nSPS) is 17.3. The molecule has 1 saturated carbocycles. The van der Waals surface area contributed by atoms with Gasteiger partial charge in [0.1, 0.15) is 0 Å². The van der Waals surface area contributed by atoms with Gasteiger partial charge in [0.2, 0.25) is 5.96 Å². The topological polar surface area (TPSA) is 65.7 Å². The summed E-state index contributed by atoms with van der Waals surface area (Å²) in [5.41, 5.74) is 2.59. The molecule has 0 spiro atoms. The quantitative estimate of drug-likeness (QED) is 0.242. The molecule has 1 rings (SSSR count). The highest BCUT2D eigenvalue weighted by molar-refractivity contribution is 5.79. The summed E-state index contributed by atoms with van der Waals surface area (Å²) in [4.78, 5) is 6.56. The maximum Gasteiger partial charge on any atom is 0.205 e. The molecule has 5 heteroatoms. The molecule has 0 bridgehead atoms. The van der Waals surface area contributed by atoms with Crippen LogP contribution in [0.1, 0.15) is 19.8 Å². The summed E-state index contributed by atoms with van der Waals surface area (Å²) in [5.74, 6) is 6.06. The first kappa shape index (κ1) is 11.3. The molecule has 1 aliphatic rings. The van der Waals surface area contributed by atoms with Crippen molar-refractivity contribution >= 4 is 5.96 Å². The minimum atomic E-state index is 0.591. The van der Waals surface area contributed by atoms with Crippen molar-refractivity contribution in [2.75, 3.05) is 26.7 Å². The second-order valence-electron chi connectivity index (χ2n) is 3.69. The average molecular weight is 199 g/mol. The monoisotopic (exact) mass is 199 g/mol. The fourth-order valence-electron chi connectivity index (χ4n) is 1.04. The van der Waals surface area contributed by atoms with Crippen molar-refractivity contribution in [1.82, 2.24) is 15.6 Å². The molecule has 14 heavy (non-hydrogen) atoms. The van der Waals surface area contributed by atoms with Gasteiger partial charge >= 0.3 is 0 Å². The summed E-state index contributed by atoms with van der Waals surface area (Å²) < 4.78 is 0. The molecule has 0 unspecified atom stereocenters. The number of aliphatic imine (C=N–C) groups is 1. The highest BCUT2D eigenvalue weighted by Gasteiger charge is 2.21. The summed E-state index contributed by atoms with van der Waals surface area (Å²) in [6, 6.07) is 0.591. The molecule has 0 aliphatic heterocycles. The summed E-state index contributed by atoms with van der Waals surface area (Å²) in [6.45, 7) is 4.93. The second-order valence-corrected chi connectivity index (χ2v) is 3.69. The number of nitrogens with zero attached hydrogens (tertiary/aromatic N) is 2. The number of nitrogens with one attached hydrogen (secondary N) is 2. The molecule has 0 atom stereocenters. The van der Waals surface area contributed by atoms with E-state index < -0.39 is 0 Å². The van der Waals surface area contributed by atoms with Crippen LogP contribution in [0.2, 0.25) is 0 Å². The minimum absolute atomic E-state index is 0.591. The molecular formula is C9H21N5. The van der Waals surface area contributed by atoms with Crippen LogP contribution < -0.4 is 16.6 Å². The second kappa shape index (κ2) is 5.82. The van der Waals surface area contributed by atoms with Crippen LogP contribution in [0.4, 0.5) is 0 Å². The van der Waals surface area contributed by atoms with E-state index in [1.807, 2.05) is 0 Å². The molecule has 0 aromatic heterocycles. The van der Waals surface area contributed by atoms with E-state index in [9.17, 15) is 0 Å². The number of hydrogen-bond donors (Lipinski definition) is 3. The fraction of sp³-hybridized carbons (Fsp3) is 0.889. The molecule has 4 N–H and O–H groups in total. The van der Waals surface area contributed by atoms with E-state index in [1.165, 1.54) is 12.8 Å². The predicted octanol–water partition coefficient (Wildman–Crippen LogP) is -0.491. The number of hydrogen-bond acceptors (Lipinski definition) is 3. The van der Waals surface area contributed by atoms with Gasteiger partial charge in [-0.15, -0.1) is 0 Å². The molecule has 0 aromatic carbocycles. The van der Waals surface area contributed by atoms with Gasteiger partial charge in [-0.2, -0.15) is 0 Å². The highest BCUT2D eigenvalue weighted by Crippen LogP contribution is 2.18. The molecule has 82 valence electrons. The van der Waals surface area contributed by atoms with E-state index in [0.717, 1.165) is 25.6 Å². The molecule has 0 amide bonds. The third-order valence-corrected chi connectivity index (χ3v) is 2.35. The molecular weight excluding hydrogens is 178 g/mol. The predicted molar refractivity (Wildman–Crippen MR) is 59.0 cm³/mol. The van der Waals surface area contributed by atoms with E-state index >= 15 is 0 Å². The lowest BCUT2D eigenvalue weighted by Crippen LogP contribution is -2.43. The van der Waals surface area contributed by atoms with E-state index in [4.69, 9.17) is 5.84 Å². The molecule has 0 radical (unpaired) electrons. The number of nitrogens with two attached hydrogens (primary N) is 1. The van der Waals surface area contributed by atoms with Gasteiger partial charge in [0.15, 0.2) is 0 Å². The Labute approximate surface area is 85.7 Å². The van der Waals surface area contributed by atoms with Crippen molar-refractivity contribution in [3.8, 4) is 0 Å². The van der Waals surface area contributed by atoms with E-state index in [1.54, 1.807) is 0 Å². The Morgan fingerprint density at radius 1 is 1.57 bits per heavy atom. The lowest BCUT2D eigenvalue weighted by atomic mass is 10.5. The van der Waals surface area contributed by atoms with Gasteiger partial charge in [0, 0.05) is 12.6 Å². The van der Waals surface area contributed by atoms with Crippen LogP contribution in [-0.4, -0.2) is 43.6 Å². The number of likely N-dealkylation sites (N-methyl/N-ethyl adjacent to an activating group) is 1. The van der Waals surface area contributed by atoms with Crippen molar-refractivity contribution in [2.24, 2.45) is 10.8 Å². The van der Waals surface area contributed by atoms with Crippen LogP contribution in [0.25, 0.3) is 0 Å². The summed E-state index contributed by atoms with van der Waals surface area (Å²) in [7, 11) is 2.08. The third-order valence-electron chi connectivity index (χ3n) is 2.35. The van der Waals surface area contributed by atoms with Crippen LogP contribution in [0.5, 0.6) is 0 Å². The number of guanidine groups is 1. The number of rotatable bonds is 5. The molecule has 1 fully saturated rings. The molecule has 0 heterocycles. The molecule has 0 aromatic rings.